The van der Waals surface area contributed by atoms with Crippen LogP contribution in [0.5, 0.6) is 0 Å². The van der Waals surface area contributed by atoms with Gasteiger partial charge in [0.05, 0.1) is 0 Å². The fraction of sp³-hybridized carbons (Fsp3) is 0.170. The second-order valence-electron chi connectivity index (χ2n) is 15.9. The smallest absolute Gasteiger partial charge is 0.0493 e. The van der Waals surface area contributed by atoms with Crippen molar-refractivity contribution < 1.29 is 0 Å². The van der Waals surface area contributed by atoms with Crippen LogP contribution in [0.25, 0.3) is 23.3 Å². The summed E-state index contributed by atoms with van der Waals surface area (Å²) < 4.78 is 0. The molecule has 266 valence electrons. The minimum absolute atomic E-state index is 0.0663. The first-order valence-electron chi connectivity index (χ1n) is 20.2. The van der Waals surface area contributed by atoms with Gasteiger partial charge in [-0.05, 0) is 143 Å². The van der Waals surface area contributed by atoms with Crippen LogP contribution >= 0.6 is 0 Å². The van der Waals surface area contributed by atoms with Crippen LogP contribution in [0, 0.1) is 0 Å². The summed E-state index contributed by atoms with van der Waals surface area (Å²) in [6.45, 7) is 0. The lowest BCUT2D eigenvalue weighted by atomic mass is 9.76. The van der Waals surface area contributed by atoms with Crippen LogP contribution in [0.4, 0.5) is 34.1 Å². The molecule has 7 aromatic carbocycles. The summed E-state index contributed by atoms with van der Waals surface area (Å²) in [6.07, 6.45) is 13.8. The topological polar surface area (TPSA) is 6.48 Å². The van der Waals surface area contributed by atoms with Crippen molar-refractivity contribution in [1.29, 1.82) is 0 Å². The number of anilines is 6. The first-order valence-corrected chi connectivity index (χ1v) is 20.2. The maximum atomic E-state index is 2.55. The Morgan fingerprint density at radius 1 is 0.382 bits per heavy atom. The van der Waals surface area contributed by atoms with Gasteiger partial charge >= 0.3 is 0 Å². The molecular formula is C53H44N2. The van der Waals surface area contributed by atoms with Gasteiger partial charge in [0.2, 0.25) is 0 Å². The third-order valence-corrected chi connectivity index (χ3v) is 13.0. The fourth-order valence-corrected chi connectivity index (χ4v) is 10.3. The summed E-state index contributed by atoms with van der Waals surface area (Å²) in [7, 11) is 0. The first-order chi connectivity index (χ1) is 27.2. The highest BCUT2D eigenvalue weighted by molar-refractivity contribution is 5.89. The molecule has 1 fully saturated rings. The highest BCUT2D eigenvalue weighted by Crippen LogP contribution is 2.58. The van der Waals surface area contributed by atoms with Gasteiger partial charge in [-0.15, -0.1) is 0 Å². The Morgan fingerprint density at radius 2 is 0.782 bits per heavy atom. The third kappa shape index (κ3) is 5.30. The van der Waals surface area contributed by atoms with Gasteiger partial charge in [0.1, 0.15) is 0 Å². The summed E-state index contributed by atoms with van der Waals surface area (Å²) in [5.74, 6) is 0. The van der Waals surface area contributed by atoms with Crippen molar-refractivity contribution >= 4 is 46.3 Å². The zero-order valence-corrected chi connectivity index (χ0v) is 31.2. The minimum Gasteiger partial charge on any atom is -0.310 e. The van der Waals surface area contributed by atoms with Crippen LogP contribution in [0.2, 0.25) is 0 Å². The van der Waals surface area contributed by atoms with Gasteiger partial charge < -0.3 is 9.80 Å². The second-order valence-corrected chi connectivity index (χ2v) is 15.9. The molecule has 2 aliphatic carbocycles. The standard InChI is InChI=1S/C53H44N2/c1-5-15-49-39(11-1)24-25-40-12-2-6-16-50(40)54(49)43-28-21-37(22-29-43)19-20-38-23-31-45-46-32-30-44(36-48(46)53(47(45)35-38)33-9-10-34-53)55-51-17-7-3-13-41(51)26-27-42-14-4-8-18-52(42)55/h1-8,11-23,28-32,35-36H,9-10,24-27,33-34H2/b20-19+. The molecular weight excluding hydrogens is 665 g/mol. The predicted molar refractivity (Wildman–Crippen MR) is 231 cm³/mol. The molecule has 0 N–H and O–H groups in total. The van der Waals surface area contributed by atoms with Gasteiger partial charge in [0.15, 0.2) is 0 Å². The Bertz CT molecular complexity index is 2530. The van der Waals surface area contributed by atoms with Crippen molar-refractivity contribution in [3.05, 3.63) is 202 Å². The van der Waals surface area contributed by atoms with Crippen molar-refractivity contribution in [2.75, 3.05) is 9.80 Å². The number of rotatable bonds is 4. The Morgan fingerprint density at radius 3 is 1.31 bits per heavy atom. The van der Waals surface area contributed by atoms with Gasteiger partial charge in [-0.3, -0.25) is 0 Å². The normalized spacial score (nSPS) is 16.1. The summed E-state index contributed by atoms with van der Waals surface area (Å²) in [4.78, 5) is 4.98. The van der Waals surface area contributed by atoms with Gasteiger partial charge in [0, 0.05) is 39.5 Å². The minimum atomic E-state index is 0.0663. The molecule has 0 bridgehead atoms. The Balaban J connectivity index is 0.926. The van der Waals surface area contributed by atoms with Crippen molar-refractivity contribution in [3.63, 3.8) is 0 Å². The third-order valence-electron chi connectivity index (χ3n) is 13.0. The van der Waals surface area contributed by atoms with Gasteiger partial charge in [-0.1, -0.05) is 134 Å². The molecule has 55 heavy (non-hydrogen) atoms. The summed E-state index contributed by atoms with van der Waals surface area (Å²) in [6, 6.07) is 59.4. The van der Waals surface area contributed by atoms with Gasteiger partial charge in [-0.25, -0.2) is 0 Å². The molecule has 2 heterocycles. The van der Waals surface area contributed by atoms with Crippen LogP contribution in [0.1, 0.15) is 70.2 Å². The zero-order chi connectivity index (χ0) is 36.3. The molecule has 2 heteroatoms. The van der Waals surface area contributed by atoms with E-state index in [4.69, 9.17) is 0 Å². The van der Waals surface area contributed by atoms with E-state index in [1.54, 1.807) is 0 Å². The van der Waals surface area contributed by atoms with Crippen LogP contribution < -0.4 is 9.80 Å². The molecule has 0 saturated heterocycles. The predicted octanol–water partition coefficient (Wildman–Crippen LogP) is 13.8. The van der Waals surface area contributed by atoms with Crippen LogP contribution in [-0.2, 0) is 31.1 Å². The fourth-order valence-electron chi connectivity index (χ4n) is 10.3. The van der Waals surface area contributed by atoms with Crippen LogP contribution in [-0.4, -0.2) is 0 Å². The molecule has 11 rings (SSSR count). The number of fused-ring (bicyclic) bond motifs is 9. The first kappa shape index (κ1) is 32.3. The van der Waals surface area contributed by atoms with E-state index in [0.29, 0.717) is 0 Å². The lowest BCUT2D eigenvalue weighted by Crippen LogP contribution is -2.21. The van der Waals surface area contributed by atoms with E-state index in [2.05, 4.69) is 180 Å². The average molecular weight is 709 g/mol. The SMILES string of the molecule is C(=C\c1ccc2c(c1)C1(CCCC1)c1cc(N3c4ccccc4CCc4ccccc43)ccc1-2)/c1ccc(N2c3ccccc3CCc3ccccc32)cc1. The maximum Gasteiger partial charge on any atom is 0.0493 e. The second kappa shape index (κ2) is 13.0. The van der Waals surface area contributed by atoms with E-state index < -0.39 is 0 Å². The monoisotopic (exact) mass is 708 g/mol. The Kier molecular flexibility index (Phi) is 7.65. The molecule has 2 aliphatic heterocycles. The number of nitrogens with zero attached hydrogens (tertiary/aromatic N) is 2. The summed E-state index contributed by atoms with van der Waals surface area (Å²) in [5.41, 5.74) is 21.7. The van der Waals surface area contributed by atoms with Crippen LogP contribution in [0.15, 0.2) is 158 Å². The Labute approximate surface area is 325 Å². The van der Waals surface area contributed by atoms with Crippen LogP contribution in [0.3, 0.4) is 0 Å². The van der Waals surface area contributed by atoms with Crippen molar-refractivity contribution in [2.45, 2.75) is 56.8 Å². The molecule has 1 spiro atoms. The average Bonchev–Trinajstić information content (AvgIpc) is 3.73. The van der Waals surface area contributed by atoms with Gasteiger partial charge in [0.25, 0.3) is 0 Å². The molecule has 0 amide bonds. The van der Waals surface area contributed by atoms with E-state index in [0.717, 1.165) is 25.7 Å². The largest absolute Gasteiger partial charge is 0.310 e. The molecule has 7 aromatic rings. The molecule has 0 aromatic heterocycles. The highest BCUT2D eigenvalue weighted by atomic mass is 15.2. The number of benzene rings is 7. The number of hydrogen-bond acceptors (Lipinski definition) is 2. The Hall–Kier alpha value is -6.12. The summed E-state index contributed by atoms with van der Waals surface area (Å²) >= 11 is 0. The molecule has 1 saturated carbocycles. The van der Waals surface area contributed by atoms with E-state index in [1.807, 2.05) is 0 Å². The van der Waals surface area contributed by atoms with E-state index in [-0.39, 0.29) is 5.41 Å². The number of hydrogen-bond donors (Lipinski definition) is 0. The molecule has 0 radical (unpaired) electrons. The number of para-hydroxylation sites is 4. The highest BCUT2D eigenvalue weighted by Gasteiger charge is 2.45. The maximum absolute atomic E-state index is 2.55. The molecule has 0 unspecified atom stereocenters. The zero-order valence-electron chi connectivity index (χ0n) is 31.2. The lowest BCUT2D eigenvalue weighted by Gasteiger charge is -2.30. The summed E-state index contributed by atoms with van der Waals surface area (Å²) in [5, 5.41) is 0. The van der Waals surface area contributed by atoms with Crippen molar-refractivity contribution in [1.82, 2.24) is 0 Å². The number of aryl methyl sites for hydroxylation is 4. The van der Waals surface area contributed by atoms with E-state index in [9.17, 15) is 0 Å². The van der Waals surface area contributed by atoms with Gasteiger partial charge in [-0.2, -0.15) is 0 Å². The van der Waals surface area contributed by atoms with Crippen molar-refractivity contribution in [2.24, 2.45) is 0 Å². The van der Waals surface area contributed by atoms with Crippen molar-refractivity contribution in [3.8, 4) is 11.1 Å². The quantitative estimate of drug-likeness (QED) is 0.168. The molecule has 2 nitrogen and oxygen atoms in total. The van der Waals surface area contributed by atoms with E-state index >= 15 is 0 Å². The lowest BCUT2D eigenvalue weighted by molar-refractivity contribution is 0.550. The van der Waals surface area contributed by atoms with E-state index in [1.165, 1.54) is 115 Å². The molecule has 4 aliphatic rings. The molecule has 0 atom stereocenters.